The predicted octanol–water partition coefficient (Wildman–Crippen LogP) is 5.44. The van der Waals surface area contributed by atoms with Gasteiger partial charge in [-0.2, -0.15) is 0 Å². The summed E-state index contributed by atoms with van der Waals surface area (Å²) >= 11 is 3.42. The topological polar surface area (TPSA) is 54.7 Å². The highest BCUT2D eigenvalue weighted by Crippen LogP contribution is 2.42. The molecule has 3 aromatic rings. The van der Waals surface area contributed by atoms with Crippen molar-refractivity contribution in [2.24, 2.45) is 7.05 Å². The first-order valence-corrected chi connectivity index (χ1v) is 9.35. The molecule has 0 unspecified atom stereocenters. The van der Waals surface area contributed by atoms with Gasteiger partial charge in [0, 0.05) is 18.2 Å². The molecule has 160 valence electrons. The van der Waals surface area contributed by atoms with Crippen LogP contribution in [0.25, 0.3) is 22.5 Å². The maximum atomic E-state index is 12.8. The SMILES string of the molecule is COc1ccc(-c2c(-c3cc(OC)c(Br)c(OC)c3)ncn2C)cc1OC(F)(F)F. The molecule has 30 heavy (non-hydrogen) atoms. The first-order valence-electron chi connectivity index (χ1n) is 8.55. The molecule has 1 heterocycles. The van der Waals surface area contributed by atoms with Gasteiger partial charge in [0.2, 0.25) is 0 Å². The zero-order valence-corrected chi connectivity index (χ0v) is 18.1. The van der Waals surface area contributed by atoms with E-state index >= 15 is 0 Å². The van der Waals surface area contributed by atoms with Crippen LogP contribution in [0.3, 0.4) is 0 Å². The van der Waals surface area contributed by atoms with E-state index in [1.54, 1.807) is 36.1 Å². The number of nitrogens with zero attached hydrogens (tertiary/aromatic N) is 2. The molecule has 0 spiro atoms. The van der Waals surface area contributed by atoms with Gasteiger partial charge < -0.3 is 23.5 Å². The van der Waals surface area contributed by atoms with Crippen molar-refractivity contribution in [1.29, 1.82) is 0 Å². The second-order valence-electron chi connectivity index (χ2n) is 6.16. The number of halogens is 4. The number of aryl methyl sites for hydroxylation is 1. The number of alkyl halides is 3. The van der Waals surface area contributed by atoms with Gasteiger partial charge >= 0.3 is 6.36 Å². The van der Waals surface area contributed by atoms with E-state index in [1.165, 1.54) is 33.5 Å². The minimum absolute atomic E-state index is 0.0354. The fraction of sp³-hybridized carbons (Fsp3) is 0.250. The van der Waals surface area contributed by atoms with E-state index in [4.69, 9.17) is 14.2 Å². The largest absolute Gasteiger partial charge is 0.573 e. The number of methoxy groups -OCH3 is 3. The third-order valence-corrected chi connectivity index (χ3v) is 5.10. The summed E-state index contributed by atoms with van der Waals surface area (Å²) in [5.74, 6) is 0.570. The van der Waals surface area contributed by atoms with Gasteiger partial charge in [-0.25, -0.2) is 4.98 Å². The van der Waals surface area contributed by atoms with Crippen molar-refractivity contribution in [1.82, 2.24) is 9.55 Å². The van der Waals surface area contributed by atoms with Crippen LogP contribution in [0.1, 0.15) is 0 Å². The summed E-state index contributed by atoms with van der Waals surface area (Å²) in [5, 5.41) is 0. The van der Waals surface area contributed by atoms with E-state index in [0.29, 0.717) is 38.5 Å². The fourth-order valence-electron chi connectivity index (χ4n) is 3.02. The lowest BCUT2D eigenvalue weighted by molar-refractivity contribution is -0.275. The average Bonchev–Trinajstić information content (AvgIpc) is 3.08. The van der Waals surface area contributed by atoms with E-state index in [9.17, 15) is 13.2 Å². The van der Waals surface area contributed by atoms with Crippen LogP contribution >= 0.6 is 15.9 Å². The van der Waals surface area contributed by atoms with Crippen molar-refractivity contribution in [2.45, 2.75) is 6.36 Å². The third kappa shape index (κ3) is 4.33. The Hall–Kier alpha value is -2.88. The lowest BCUT2D eigenvalue weighted by Gasteiger charge is -2.15. The summed E-state index contributed by atoms with van der Waals surface area (Å²) in [6, 6.07) is 7.83. The molecule has 0 amide bonds. The first kappa shape index (κ1) is 21.8. The van der Waals surface area contributed by atoms with Crippen LogP contribution in [0.2, 0.25) is 0 Å². The van der Waals surface area contributed by atoms with Crippen molar-refractivity contribution in [3.05, 3.63) is 41.1 Å². The van der Waals surface area contributed by atoms with Crippen molar-refractivity contribution < 1.29 is 32.1 Å². The molecule has 0 aliphatic heterocycles. The molecule has 0 saturated carbocycles. The summed E-state index contributed by atoms with van der Waals surface area (Å²) in [6.45, 7) is 0. The second-order valence-corrected chi connectivity index (χ2v) is 6.95. The smallest absolute Gasteiger partial charge is 0.495 e. The van der Waals surface area contributed by atoms with Gasteiger partial charge in [-0.3, -0.25) is 0 Å². The van der Waals surface area contributed by atoms with Crippen molar-refractivity contribution in [2.75, 3.05) is 21.3 Å². The first-order chi connectivity index (χ1) is 14.2. The number of benzene rings is 2. The highest BCUT2D eigenvalue weighted by Gasteiger charge is 2.33. The molecule has 0 fully saturated rings. The molecule has 2 aromatic carbocycles. The highest BCUT2D eigenvalue weighted by atomic mass is 79.9. The lowest BCUT2D eigenvalue weighted by atomic mass is 10.0. The molecule has 0 radical (unpaired) electrons. The molecule has 0 bridgehead atoms. The predicted molar refractivity (Wildman–Crippen MR) is 108 cm³/mol. The van der Waals surface area contributed by atoms with Gasteiger partial charge in [-0.15, -0.1) is 13.2 Å². The zero-order chi connectivity index (χ0) is 22.1. The Morgan fingerprint density at radius 2 is 1.43 bits per heavy atom. The normalized spacial score (nSPS) is 11.3. The van der Waals surface area contributed by atoms with Crippen molar-refractivity contribution in [3.8, 4) is 45.5 Å². The molecular weight excluding hydrogens is 469 g/mol. The van der Waals surface area contributed by atoms with Crippen molar-refractivity contribution >= 4 is 15.9 Å². The Labute approximate surface area is 179 Å². The van der Waals surface area contributed by atoms with E-state index in [0.717, 1.165) is 0 Å². The number of hydrogen-bond acceptors (Lipinski definition) is 5. The monoisotopic (exact) mass is 486 g/mol. The Morgan fingerprint density at radius 1 is 0.867 bits per heavy atom. The van der Waals surface area contributed by atoms with Gasteiger partial charge in [0.15, 0.2) is 11.5 Å². The van der Waals surface area contributed by atoms with Crippen LogP contribution in [0.15, 0.2) is 41.1 Å². The Morgan fingerprint density at radius 3 is 1.97 bits per heavy atom. The number of rotatable bonds is 6. The lowest BCUT2D eigenvalue weighted by Crippen LogP contribution is -2.17. The third-order valence-electron chi connectivity index (χ3n) is 4.32. The number of ether oxygens (including phenoxy) is 4. The number of imidazole rings is 1. The second kappa shape index (κ2) is 8.47. The van der Waals surface area contributed by atoms with E-state index < -0.39 is 12.1 Å². The minimum atomic E-state index is -4.85. The van der Waals surface area contributed by atoms with E-state index in [-0.39, 0.29) is 5.75 Å². The van der Waals surface area contributed by atoms with Gasteiger partial charge in [0.25, 0.3) is 0 Å². The number of aromatic nitrogens is 2. The molecule has 1 aromatic heterocycles. The maximum absolute atomic E-state index is 12.8. The van der Waals surface area contributed by atoms with Gasteiger partial charge in [-0.1, -0.05) is 0 Å². The van der Waals surface area contributed by atoms with Crippen LogP contribution in [-0.4, -0.2) is 37.2 Å². The highest BCUT2D eigenvalue weighted by molar-refractivity contribution is 9.10. The van der Waals surface area contributed by atoms with E-state index in [2.05, 4.69) is 25.7 Å². The van der Waals surface area contributed by atoms with E-state index in [1.807, 2.05) is 0 Å². The molecular formula is C20H18BrF3N2O4. The van der Waals surface area contributed by atoms with Gasteiger partial charge in [-0.05, 0) is 46.3 Å². The van der Waals surface area contributed by atoms with Crippen LogP contribution in [0.5, 0.6) is 23.0 Å². The van der Waals surface area contributed by atoms with Gasteiger partial charge in [0.1, 0.15) is 16.0 Å². The molecule has 10 heteroatoms. The number of hydrogen-bond donors (Lipinski definition) is 0. The summed E-state index contributed by atoms with van der Waals surface area (Å²) in [7, 11) is 6.06. The quantitative estimate of drug-likeness (QED) is 0.464. The van der Waals surface area contributed by atoms with Crippen LogP contribution < -0.4 is 18.9 Å². The van der Waals surface area contributed by atoms with Crippen LogP contribution in [-0.2, 0) is 7.05 Å². The van der Waals surface area contributed by atoms with Crippen LogP contribution in [0.4, 0.5) is 13.2 Å². The van der Waals surface area contributed by atoms with Crippen molar-refractivity contribution in [3.63, 3.8) is 0 Å². The molecule has 0 atom stereocenters. The standard InChI is InChI=1S/C20H18BrF3N2O4/c1-26-10-25-18(12-8-15(28-3)17(21)16(9-12)29-4)19(26)11-5-6-13(27-2)14(7-11)30-20(22,23)24/h5-10H,1-4H3. The molecule has 6 nitrogen and oxygen atoms in total. The minimum Gasteiger partial charge on any atom is -0.495 e. The summed E-state index contributed by atoms with van der Waals surface area (Å²) in [6.07, 6.45) is -3.28. The molecule has 0 N–H and O–H groups in total. The maximum Gasteiger partial charge on any atom is 0.573 e. The van der Waals surface area contributed by atoms with Crippen LogP contribution in [0, 0.1) is 0 Å². The summed E-state index contributed by atoms with van der Waals surface area (Å²) in [5.41, 5.74) is 2.24. The molecule has 0 aliphatic rings. The Bertz CT molecular complexity index is 1040. The fourth-order valence-corrected chi connectivity index (χ4v) is 3.57. The Balaban J connectivity index is 2.17. The zero-order valence-electron chi connectivity index (χ0n) is 16.5. The molecule has 0 saturated heterocycles. The Kier molecular flexibility index (Phi) is 6.16. The van der Waals surface area contributed by atoms with Gasteiger partial charge in [0.05, 0.1) is 39.0 Å². The molecule has 3 rings (SSSR count). The summed E-state index contributed by atoms with van der Waals surface area (Å²) in [4.78, 5) is 4.43. The molecule has 0 aliphatic carbocycles. The average molecular weight is 487 g/mol. The summed E-state index contributed by atoms with van der Waals surface area (Å²) < 4.78 is 60.7.